The molecule has 0 spiro atoms. The normalized spacial score (nSPS) is 20.1. The number of amides is 2. The van der Waals surface area contributed by atoms with Gasteiger partial charge >= 0.3 is 6.03 Å². The molecule has 1 aromatic heterocycles. The second-order valence-electron chi connectivity index (χ2n) is 10.2. The maximum absolute atomic E-state index is 13.5. The van der Waals surface area contributed by atoms with E-state index in [2.05, 4.69) is 27.2 Å². The van der Waals surface area contributed by atoms with Crippen LogP contribution in [0.1, 0.15) is 25.7 Å². The van der Waals surface area contributed by atoms with Crippen LogP contribution in [0.4, 0.5) is 14.9 Å². The van der Waals surface area contributed by atoms with Gasteiger partial charge in [0.25, 0.3) is 0 Å². The highest BCUT2D eigenvalue weighted by Gasteiger charge is 2.31. The highest BCUT2D eigenvalue weighted by Crippen LogP contribution is 2.35. The molecule has 9 nitrogen and oxygen atoms in total. The maximum atomic E-state index is 13.5. The molecule has 1 saturated heterocycles. The highest BCUT2D eigenvalue weighted by atomic mass is 35.5. The quantitative estimate of drug-likeness (QED) is 0.416. The van der Waals surface area contributed by atoms with E-state index in [1.807, 2.05) is 29.0 Å². The lowest BCUT2D eigenvalue weighted by Gasteiger charge is -2.39. The molecule has 11 heteroatoms. The Morgan fingerprint density at radius 3 is 2.64 bits per heavy atom. The van der Waals surface area contributed by atoms with Crippen molar-refractivity contribution in [1.82, 2.24) is 24.7 Å². The number of fused-ring (bicyclic) bond motifs is 1. The third-order valence-electron chi connectivity index (χ3n) is 7.55. The minimum absolute atomic E-state index is 0.00156. The summed E-state index contributed by atoms with van der Waals surface area (Å²) in [6, 6.07) is 8.46. The van der Waals surface area contributed by atoms with Crippen molar-refractivity contribution in [3.63, 3.8) is 0 Å². The average Bonchev–Trinajstić information content (AvgIpc) is 2.95. The van der Waals surface area contributed by atoms with Gasteiger partial charge in [-0.3, -0.25) is 0 Å². The minimum atomic E-state index is -0.474. The van der Waals surface area contributed by atoms with Gasteiger partial charge in [-0.1, -0.05) is 11.6 Å². The Morgan fingerprint density at radius 1 is 1.13 bits per heavy atom. The van der Waals surface area contributed by atoms with Gasteiger partial charge in [0.2, 0.25) is 0 Å². The Balaban J connectivity index is 1.20. The number of anilines is 1. The number of nitrogens with one attached hydrogen (secondary N) is 1. The molecule has 1 saturated carbocycles. The van der Waals surface area contributed by atoms with Crippen LogP contribution in [-0.4, -0.2) is 89.8 Å². The number of benzene rings is 2. The summed E-state index contributed by atoms with van der Waals surface area (Å²) in [5, 5.41) is 3.98. The number of hydrogen-bond donors (Lipinski definition) is 1. The molecular formula is C28H34ClFN6O3. The monoisotopic (exact) mass is 556 g/mol. The molecule has 2 aliphatic rings. The molecule has 0 radical (unpaired) electrons. The summed E-state index contributed by atoms with van der Waals surface area (Å²) in [5.74, 6) is 0.686. The summed E-state index contributed by atoms with van der Waals surface area (Å²) in [6.07, 6.45) is 6.66. The number of rotatable bonds is 7. The first kappa shape index (κ1) is 27.2. The molecule has 2 fully saturated rings. The van der Waals surface area contributed by atoms with E-state index in [1.165, 1.54) is 18.5 Å². The predicted octanol–water partition coefficient (Wildman–Crippen LogP) is 4.86. The lowest BCUT2D eigenvalue weighted by molar-refractivity contribution is 0.0843. The number of nitrogens with zero attached hydrogens (tertiary/aromatic N) is 5. The van der Waals surface area contributed by atoms with Crippen molar-refractivity contribution in [3.05, 3.63) is 53.7 Å². The fourth-order valence-corrected chi connectivity index (χ4v) is 5.28. The van der Waals surface area contributed by atoms with E-state index >= 15 is 0 Å². The number of ether oxygens (including phenoxy) is 2. The second kappa shape index (κ2) is 12.2. The molecule has 39 heavy (non-hydrogen) atoms. The Bertz CT molecular complexity index is 1300. The molecule has 0 atom stereocenters. The van der Waals surface area contributed by atoms with Gasteiger partial charge in [0.15, 0.2) is 18.2 Å². The van der Waals surface area contributed by atoms with Crippen LogP contribution < -0.4 is 14.8 Å². The first-order chi connectivity index (χ1) is 18.9. The summed E-state index contributed by atoms with van der Waals surface area (Å²) in [6.45, 7) is 3.50. The zero-order valence-corrected chi connectivity index (χ0v) is 23.0. The molecule has 5 rings (SSSR count). The molecule has 1 N–H and O–H groups in total. The molecule has 2 amide bonds. The van der Waals surface area contributed by atoms with E-state index in [1.54, 1.807) is 12.3 Å². The van der Waals surface area contributed by atoms with Gasteiger partial charge in [0.05, 0.1) is 16.6 Å². The molecule has 0 bridgehead atoms. The molecule has 2 aromatic carbocycles. The number of likely N-dealkylation sites (N-methyl/N-ethyl adjacent to an activating group) is 1. The SMILES string of the molecule is CN1CCN(C(=O)N(C)[C@H]2CC[C@@H](Oc3cc4cncnc4cc3OCNc3ccc(F)c(Cl)c3)CC2)CC1. The van der Waals surface area contributed by atoms with Crippen LogP contribution in [0.3, 0.4) is 0 Å². The van der Waals surface area contributed by atoms with Crippen molar-refractivity contribution in [1.29, 1.82) is 0 Å². The van der Waals surface area contributed by atoms with Crippen molar-refractivity contribution in [2.24, 2.45) is 0 Å². The van der Waals surface area contributed by atoms with Crippen molar-refractivity contribution < 1.29 is 18.7 Å². The number of carbonyl (C=O) groups is 1. The molecule has 1 aliphatic carbocycles. The van der Waals surface area contributed by atoms with Gasteiger partial charge in [-0.2, -0.15) is 0 Å². The first-order valence-electron chi connectivity index (χ1n) is 13.3. The molecule has 208 valence electrons. The molecule has 0 unspecified atom stereocenters. The van der Waals surface area contributed by atoms with Crippen LogP contribution in [-0.2, 0) is 0 Å². The standard InChI is InChI=1S/C28H34ClFN6O3/c1-34-9-11-36(12-10-34)28(37)35(2)21-4-6-22(7-5-21)39-27-13-19-16-31-17-32-25(19)15-26(27)38-18-33-20-3-8-24(30)23(29)14-20/h3,8,13-17,21-22,33H,4-7,9-12,18H2,1-2H3/t21-,22+. The van der Waals surface area contributed by atoms with Gasteiger partial charge in [-0.05, 0) is 57.0 Å². The summed E-state index contributed by atoms with van der Waals surface area (Å²) < 4.78 is 26.0. The van der Waals surface area contributed by atoms with Crippen molar-refractivity contribution in [2.45, 2.75) is 37.8 Å². The zero-order valence-electron chi connectivity index (χ0n) is 22.3. The summed E-state index contributed by atoms with van der Waals surface area (Å²) >= 11 is 5.88. The average molecular weight is 557 g/mol. The number of aromatic nitrogens is 2. The van der Waals surface area contributed by atoms with Crippen molar-refractivity contribution in [2.75, 3.05) is 52.3 Å². The summed E-state index contributed by atoms with van der Waals surface area (Å²) in [7, 11) is 4.01. The lowest BCUT2D eigenvalue weighted by atomic mass is 9.92. The molecular weight excluding hydrogens is 523 g/mol. The van der Waals surface area contributed by atoms with E-state index in [9.17, 15) is 9.18 Å². The van der Waals surface area contributed by atoms with Gasteiger partial charge in [-0.25, -0.2) is 19.2 Å². The number of hydrogen-bond acceptors (Lipinski definition) is 7. The van der Waals surface area contributed by atoms with Crippen LogP contribution in [0, 0.1) is 5.82 Å². The minimum Gasteiger partial charge on any atom is -0.487 e. The van der Waals surface area contributed by atoms with E-state index in [4.69, 9.17) is 21.1 Å². The van der Waals surface area contributed by atoms with Gasteiger partial charge < -0.3 is 29.5 Å². The van der Waals surface area contributed by atoms with E-state index in [0.717, 1.165) is 62.8 Å². The van der Waals surface area contributed by atoms with Gasteiger partial charge in [-0.15, -0.1) is 0 Å². The van der Waals surface area contributed by atoms with Crippen LogP contribution in [0.5, 0.6) is 11.5 Å². The molecule has 2 heterocycles. The van der Waals surface area contributed by atoms with Crippen molar-refractivity contribution in [3.8, 4) is 11.5 Å². The smallest absolute Gasteiger partial charge is 0.320 e. The summed E-state index contributed by atoms with van der Waals surface area (Å²) in [5.41, 5.74) is 1.38. The highest BCUT2D eigenvalue weighted by molar-refractivity contribution is 6.31. The first-order valence-corrected chi connectivity index (χ1v) is 13.7. The fraction of sp³-hybridized carbons (Fsp3) is 0.464. The Kier molecular flexibility index (Phi) is 8.52. The van der Waals surface area contributed by atoms with E-state index in [0.29, 0.717) is 17.2 Å². The van der Waals surface area contributed by atoms with E-state index in [-0.39, 0.29) is 29.9 Å². The topological polar surface area (TPSA) is 83.1 Å². The summed E-state index contributed by atoms with van der Waals surface area (Å²) in [4.78, 5) is 27.6. The van der Waals surface area contributed by atoms with Crippen molar-refractivity contribution >= 4 is 34.2 Å². The zero-order chi connectivity index (χ0) is 27.4. The number of halogens is 2. The van der Waals surface area contributed by atoms with Crippen LogP contribution >= 0.6 is 11.6 Å². The Hall–Kier alpha value is -3.37. The maximum Gasteiger partial charge on any atom is 0.320 e. The predicted molar refractivity (Wildman–Crippen MR) is 149 cm³/mol. The molecule has 3 aromatic rings. The van der Waals surface area contributed by atoms with Crippen LogP contribution in [0.2, 0.25) is 5.02 Å². The third kappa shape index (κ3) is 6.62. The fourth-order valence-electron chi connectivity index (χ4n) is 5.10. The Morgan fingerprint density at radius 2 is 1.90 bits per heavy atom. The Labute approximate surface area is 232 Å². The van der Waals surface area contributed by atoms with Gasteiger partial charge in [0.1, 0.15) is 12.1 Å². The lowest BCUT2D eigenvalue weighted by Crippen LogP contribution is -2.53. The second-order valence-corrected chi connectivity index (χ2v) is 10.6. The van der Waals surface area contributed by atoms with E-state index < -0.39 is 5.82 Å². The number of carbonyl (C=O) groups excluding carboxylic acids is 1. The van der Waals surface area contributed by atoms with Crippen LogP contribution in [0.15, 0.2) is 42.9 Å². The largest absolute Gasteiger partial charge is 0.487 e. The number of urea groups is 1. The third-order valence-corrected chi connectivity index (χ3v) is 7.84. The van der Waals surface area contributed by atoms with Gasteiger partial charge in [0, 0.05) is 62.6 Å². The number of piperazine rings is 1. The van der Waals surface area contributed by atoms with Crippen LogP contribution in [0.25, 0.3) is 10.9 Å². The molecule has 1 aliphatic heterocycles.